The molecule has 0 radical (unpaired) electrons. The summed E-state index contributed by atoms with van der Waals surface area (Å²) in [6.07, 6.45) is 3.74. The van der Waals surface area contributed by atoms with Crippen molar-refractivity contribution in [2.45, 2.75) is 38.3 Å². The molecule has 0 bridgehead atoms. The summed E-state index contributed by atoms with van der Waals surface area (Å²) >= 11 is 12.1. The van der Waals surface area contributed by atoms with Crippen LogP contribution in [0.25, 0.3) is 0 Å². The highest BCUT2D eigenvalue weighted by Gasteiger charge is 2.27. The Hall–Kier alpha value is -0.480. The Labute approximate surface area is 142 Å². The van der Waals surface area contributed by atoms with Crippen molar-refractivity contribution in [3.8, 4) is 0 Å². The quantitative estimate of drug-likeness (QED) is 0.894. The number of nitrogens with zero attached hydrogens (tertiary/aromatic N) is 1. The van der Waals surface area contributed by atoms with Crippen molar-refractivity contribution in [1.29, 1.82) is 0 Å². The number of benzene rings is 1. The van der Waals surface area contributed by atoms with Crippen LogP contribution in [0.2, 0.25) is 10.0 Å². The van der Waals surface area contributed by atoms with Crippen LogP contribution in [0.1, 0.15) is 31.2 Å². The monoisotopic (exact) mass is 350 g/mol. The maximum Gasteiger partial charge on any atom is 0.222 e. The summed E-state index contributed by atoms with van der Waals surface area (Å²) in [6, 6.07) is 5.64. The lowest BCUT2D eigenvalue weighted by Crippen LogP contribution is -2.32. The zero-order valence-corrected chi connectivity index (χ0v) is 14.3. The Balaban J connectivity index is 0.00000220. The first-order valence-corrected chi connectivity index (χ1v) is 7.67. The van der Waals surface area contributed by atoms with E-state index in [-0.39, 0.29) is 24.4 Å². The van der Waals surface area contributed by atoms with Crippen molar-refractivity contribution in [2.24, 2.45) is 11.7 Å². The number of carbonyl (C=O) groups is 1. The summed E-state index contributed by atoms with van der Waals surface area (Å²) in [5.74, 6) is 0.433. The lowest BCUT2D eigenvalue weighted by Gasteiger charge is -2.22. The van der Waals surface area contributed by atoms with Crippen molar-refractivity contribution in [1.82, 2.24) is 4.90 Å². The van der Waals surface area contributed by atoms with E-state index in [1.165, 1.54) is 0 Å². The minimum atomic E-state index is 0. The van der Waals surface area contributed by atoms with Crippen LogP contribution < -0.4 is 5.73 Å². The number of hydrogen-bond acceptors (Lipinski definition) is 2. The fourth-order valence-electron chi connectivity index (χ4n) is 2.71. The summed E-state index contributed by atoms with van der Waals surface area (Å²) in [5.41, 5.74) is 6.88. The lowest BCUT2D eigenvalue weighted by molar-refractivity contribution is -0.131. The fraction of sp³-hybridized carbons (Fsp3) is 0.533. The van der Waals surface area contributed by atoms with Gasteiger partial charge in [0.2, 0.25) is 5.91 Å². The van der Waals surface area contributed by atoms with Crippen LogP contribution in [0.4, 0.5) is 0 Å². The Morgan fingerprint density at radius 1 is 1.38 bits per heavy atom. The zero-order chi connectivity index (χ0) is 14.7. The van der Waals surface area contributed by atoms with Crippen LogP contribution in [0.5, 0.6) is 0 Å². The van der Waals surface area contributed by atoms with E-state index in [0.29, 0.717) is 28.9 Å². The third-order valence-electron chi connectivity index (χ3n) is 4.02. The fourth-order valence-corrected chi connectivity index (χ4v) is 3.09. The normalized spacial score (nSPS) is 21.0. The molecule has 0 aromatic heterocycles. The molecule has 2 rings (SSSR count). The van der Waals surface area contributed by atoms with Gasteiger partial charge in [-0.25, -0.2) is 0 Å². The van der Waals surface area contributed by atoms with Crippen LogP contribution in [0.15, 0.2) is 18.2 Å². The van der Waals surface area contributed by atoms with Gasteiger partial charge in [-0.2, -0.15) is 0 Å². The Morgan fingerprint density at radius 3 is 2.71 bits per heavy atom. The first-order valence-electron chi connectivity index (χ1n) is 6.91. The van der Waals surface area contributed by atoms with Gasteiger partial charge in [0.1, 0.15) is 0 Å². The molecule has 3 nitrogen and oxygen atoms in total. The number of halogens is 3. The van der Waals surface area contributed by atoms with E-state index < -0.39 is 0 Å². The second-order valence-electron chi connectivity index (χ2n) is 5.52. The average Bonchev–Trinajstić information content (AvgIpc) is 2.80. The molecule has 2 atom stereocenters. The lowest BCUT2D eigenvalue weighted by atomic mass is 9.99. The topological polar surface area (TPSA) is 46.3 Å². The number of nitrogens with two attached hydrogens (primary N) is 1. The van der Waals surface area contributed by atoms with Gasteiger partial charge in [-0.3, -0.25) is 4.79 Å². The molecule has 0 heterocycles. The second-order valence-corrected chi connectivity index (χ2v) is 6.31. The molecule has 1 aliphatic rings. The Morgan fingerprint density at radius 2 is 2.10 bits per heavy atom. The minimum absolute atomic E-state index is 0. The first-order chi connectivity index (χ1) is 9.49. The molecule has 6 heteroatoms. The first kappa shape index (κ1) is 18.6. The SMILES string of the molecule is CN(Cc1cccc(Cl)c1Cl)C(=O)C[C@@H]1CCC[C@H]1N.Cl. The molecule has 21 heavy (non-hydrogen) atoms. The molecule has 0 aliphatic heterocycles. The van der Waals surface area contributed by atoms with Gasteiger partial charge in [0.15, 0.2) is 0 Å². The summed E-state index contributed by atoms with van der Waals surface area (Å²) in [5, 5.41) is 1.04. The molecule has 0 spiro atoms. The third-order valence-corrected chi connectivity index (χ3v) is 4.88. The third kappa shape index (κ3) is 4.75. The van der Waals surface area contributed by atoms with Crippen LogP contribution >= 0.6 is 35.6 Å². The van der Waals surface area contributed by atoms with E-state index >= 15 is 0 Å². The van der Waals surface area contributed by atoms with Crippen LogP contribution in [0, 0.1) is 5.92 Å². The number of hydrogen-bond donors (Lipinski definition) is 1. The summed E-state index contributed by atoms with van der Waals surface area (Å²) < 4.78 is 0. The summed E-state index contributed by atoms with van der Waals surface area (Å²) in [4.78, 5) is 13.9. The van der Waals surface area contributed by atoms with Crippen molar-refractivity contribution in [2.75, 3.05) is 7.05 Å². The highest BCUT2D eigenvalue weighted by Crippen LogP contribution is 2.29. The Bertz CT molecular complexity index is 496. The van der Waals surface area contributed by atoms with E-state index in [9.17, 15) is 4.79 Å². The standard InChI is InChI=1S/C15H20Cl2N2O.ClH/c1-19(9-11-5-2-6-12(16)15(11)17)14(20)8-10-4-3-7-13(10)18;/h2,5-6,10,13H,3-4,7-9,18H2,1H3;1H/t10-,13+;/m0./s1. The minimum Gasteiger partial charge on any atom is -0.341 e. The molecule has 0 unspecified atom stereocenters. The molecule has 1 aliphatic carbocycles. The van der Waals surface area contributed by atoms with Crippen molar-refractivity contribution < 1.29 is 4.79 Å². The molecule has 1 aromatic rings. The van der Waals surface area contributed by atoms with Crippen molar-refractivity contribution >= 4 is 41.5 Å². The molecule has 2 N–H and O–H groups in total. The Kier molecular flexibility index (Phi) is 7.28. The highest BCUT2D eigenvalue weighted by atomic mass is 35.5. The average molecular weight is 352 g/mol. The molecular weight excluding hydrogens is 331 g/mol. The van der Waals surface area contributed by atoms with E-state index in [4.69, 9.17) is 28.9 Å². The largest absolute Gasteiger partial charge is 0.341 e. The maximum absolute atomic E-state index is 12.2. The summed E-state index contributed by atoms with van der Waals surface area (Å²) in [7, 11) is 1.79. The van der Waals surface area contributed by atoms with Gasteiger partial charge < -0.3 is 10.6 Å². The van der Waals surface area contributed by atoms with Gasteiger partial charge in [0.05, 0.1) is 10.0 Å². The van der Waals surface area contributed by atoms with E-state index in [2.05, 4.69) is 0 Å². The van der Waals surface area contributed by atoms with Crippen LogP contribution in [-0.2, 0) is 11.3 Å². The van der Waals surface area contributed by atoms with Crippen LogP contribution in [-0.4, -0.2) is 23.9 Å². The van der Waals surface area contributed by atoms with E-state index in [1.54, 1.807) is 18.0 Å². The highest BCUT2D eigenvalue weighted by molar-refractivity contribution is 6.42. The molecular formula is C15H21Cl3N2O. The van der Waals surface area contributed by atoms with Gasteiger partial charge in [0.25, 0.3) is 0 Å². The van der Waals surface area contributed by atoms with E-state index in [0.717, 1.165) is 24.8 Å². The number of rotatable bonds is 4. The van der Waals surface area contributed by atoms with Gasteiger partial charge >= 0.3 is 0 Å². The maximum atomic E-state index is 12.2. The second kappa shape index (κ2) is 8.23. The molecule has 1 aromatic carbocycles. The molecule has 0 saturated heterocycles. The molecule has 1 saturated carbocycles. The molecule has 118 valence electrons. The van der Waals surface area contributed by atoms with Gasteiger partial charge in [-0.1, -0.05) is 41.8 Å². The predicted octanol–water partition coefficient (Wildman–Crippen LogP) is 3.89. The van der Waals surface area contributed by atoms with Gasteiger partial charge in [0, 0.05) is 26.1 Å². The zero-order valence-electron chi connectivity index (χ0n) is 12.0. The smallest absolute Gasteiger partial charge is 0.222 e. The van der Waals surface area contributed by atoms with Gasteiger partial charge in [-0.05, 0) is 30.4 Å². The predicted molar refractivity (Wildman–Crippen MR) is 90.1 cm³/mol. The molecule has 1 amide bonds. The van der Waals surface area contributed by atoms with Crippen LogP contribution in [0.3, 0.4) is 0 Å². The molecule has 1 fully saturated rings. The number of amides is 1. The number of carbonyl (C=O) groups excluding carboxylic acids is 1. The van der Waals surface area contributed by atoms with Crippen molar-refractivity contribution in [3.63, 3.8) is 0 Å². The van der Waals surface area contributed by atoms with E-state index in [1.807, 2.05) is 12.1 Å². The van der Waals surface area contributed by atoms with Crippen molar-refractivity contribution in [3.05, 3.63) is 33.8 Å². The van der Waals surface area contributed by atoms with Gasteiger partial charge in [-0.15, -0.1) is 12.4 Å². The summed E-state index contributed by atoms with van der Waals surface area (Å²) in [6.45, 7) is 0.472.